The molecule has 174 valence electrons. The van der Waals surface area contributed by atoms with Crippen molar-refractivity contribution in [3.8, 4) is 0 Å². The zero-order chi connectivity index (χ0) is 23.3. The van der Waals surface area contributed by atoms with Crippen LogP contribution < -0.4 is 0 Å². The van der Waals surface area contributed by atoms with Crippen LogP contribution >= 0.6 is 0 Å². The van der Waals surface area contributed by atoms with Gasteiger partial charge >= 0.3 is 11.9 Å². The molecule has 0 heterocycles. The van der Waals surface area contributed by atoms with Gasteiger partial charge in [-0.3, -0.25) is 9.59 Å². The minimum absolute atomic E-state index is 0.0836. The van der Waals surface area contributed by atoms with Gasteiger partial charge in [0.1, 0.15) is 6.10 Å². The van der Waals surface area contributed by atoms with E-state index in [1.165, 1.54) is 25.7 Å². The van der Waals surface area contributed by atoms with Crippen molar-refractivity contribution in [2.75, 3.05) is 7.11 Å². The van der Waals surface area contributed by atoms with Crippen LogP contribution in [0.4, 0.5) is 0 Å². The Balaban J connectivity index is 1.69. The Morgan fingerprint density at radius 1 is 1.19 bits per heavy atom. The topological polar surface area (TPSA) is 69.7 Å². The Kier molecular flexibility index (Phi) is 5.98. The summed E-state index contributed by atoms with van der Waals surface area (Å²) in [4.78, 5) is 35.9. The molecular formula is C27H36O5. The number of esters is 2. The SMILES string of the molecule is COC(=O)C=CC(C)C1CCC2C3CCC4=CC(=O)C=CC4(C)C3CC(OC(C)=O)C12C. The Hall–Kier alpha value is -2.17. The van der Waals surface area contributed by atoms with E-state index in [0.717, 1.165) is 32.1 Å². The lowest BCUT2D eigenvalue weighted by molar-refractivity contribution is -0.177. The van der Waals surface area contributed by atoms with Gasteiger partial charge in [0.15, 0.2) is 5.78 Å². The molecule has 0 aromatic rings. The molecule has 3 saturated carbocycles. The molecular weight excluding hydrogens is 404 g/mol. The molecule has 5 heteroatoms. The van der Waals surface area contributed by atoms with Crippen molar-refractivity contribution >= 4 is 17.7 Å². The van der Waals surface area contributed by atoms with E-state index in [-0.39, 0.29) is 40.6 Å². The second kappa shape index (κ2) is 8.31. The monoisotopic (exact) mass is 440 g/mol. The smallest absolute Gasteiger partial charge is 0.330 e. The lowest BCUT2D eigenvalue weighted by Gasteiger charge is -2.59. The number of allylic oxidation sites excluding steroid dienone is 5. The molecule has 4 rings (SSSR count). The Morgan fingerprint density at radius 2 is 1.94 bits per heavy atom. The summed E-state index contributed by atoms with van der Waals surface area (Å²) in [5.74, 6) is 1.36. The molecule has 0 radical (unpaired) electrons. The average molecular weight is 441 g/mol. The number of hydrogen-bond donors (Lipinski definition) is 0. The number of methoxy groups -OCH3 is 1. The van der Waals surface area contributed by atoms with E-state index >= 15 is 0 Å². The molecule has 0 N–H and O–H groups in total. The van der Waals surface area contributed by atoms with Crippen LogP contribution in [0.15, 0.2) is 36.0 Å². The van der Waals surface area contributed by atoms with Crippen molar-refractivity contribution < 1.29 is 23.9 Å². The summed E-state index contributed by atoms with van der Waals surface area (Å²) >= 11 is 0. The molecule has 0 amide bonds. The Morgan fingerprint density at radius 3 is 2.62 bits per heavy atom. The van der Waals surface area contributed by atoms with Crippen LogP contribution in [0.2, 0.25) is 0 Å². The highest BCUT2D eigenvalue weighted by molar-refractivity contribution is 6.01. The van der Waals surface area contributed by atoms with Crippen molar-refractivity contribution in [3.05, 3.63) is 36.0 Å². The first-order valence-electron chi connectivity index (χ1n) is 12.0. The summed E-state index contributed by atoms with van der Waals surface area (Å²) in [6.07, 6.45) is 14.0. The second-order valence-corrected chi connectivity index (χ2v) is 10.7. The largest absolute Gasteiger partial charge is 0.466 e. The van der Waals surface area contributed by atoms with Crippen LogP contribution in [0, 0.1) is 40.4 Å². The quantitative estimate of drug-likeness (QED) is 0.463. The van der Waals surface area contributed by atoms with Gasteiger partial charge in [0, 0.05) is 23.8 Å². The first-order chi connectivity index (χ1) is 15.1. The molecule has 5 nitrogen and oxygen atoms in total. The maximum absolute atomic E-state index is 12.2. The fourth-order valence-corrected chi connectivity index (χ4v) is 7.84. The molecule has 0 saturated heterocycles. The summed E-state index contributed by atoms with van der Waals surface area (Å²) in [5, 5.41) is 0. The maximum atomic E-state index is 12.2. The van der Waals surface area contributed by atoms with Gasteiger partial charge in [-0.15, -0.1) is 0 Å². The number of hydrogen-bond acceptors (Lipinski definition) is 5. The fraction of sp³-hybridized carbons (Fsp3) is 0.667. The molecule has 0 aromatic carbocycles. The van der Waals surface area contributed by atoms with Crippen molar-refractivity contribution in [1.82, 2.24) is 0 Å². The molecule has 0 bridgehead atoms. The minimum Gasteiger partial charge on any atom is -0.466 e. The van der Waals surface area contributed by atoms with E-state index in [0.29, 0.717) is 23.7 Å². The fourth-order valence-electron chi connectivity index (χ4n) is 7.84. The van der Waals surface area contributed by atoms with E-state index in [2.05, 4.69) is 26.8 Å². The predicted octanol–water partition coefficient (Wildman–Crippen LogP) is 4.82. The standard InChI is InChI=1S/C27H36O5/c1-16(6-11-25(30)31-5)21-9-10-22-20-8-7-18-14-19(29)12-13-26(18,3)23(20)15-24(27(21,22)4)32-17(2)28/h6,11-14,16,20-24H,7-10,15H2,1-5H3. The van der Waals surface area contributed by atoms with Crippen molar-refractivity contribution in [2.24, 2.45) is 40.4 Å². The third-order valence-corrected chi connectivity index (χ3v) is 9.38. The molecule has 32 heavy (non-hydrogen) atoms. The molecule has 0 aromatic heterocycles. The zero-order valence-electron chi connectivity index (χ0n) is 19.9. The van der Waals surface area contributed by atoms with Crippen LogP contribution in [0.3, 0.4) is 0 Å². The predicted molar refractivity (Wildman–Crippen MR) is 121 cm³/mol. The Labute approximate surface area is 191 Å². The first-order valence-corrected chi connectivity index (χ1v) is 12.0. The molecule has 8 unspecified atom stereocenters. The number of ketones is 1. The van der Waals surface area contributed by atoms with Gasteiger partial charge in [0.05, 0.1) is 7.11 Å². The van der Waals surface area contributed by atoms with Crippen LogP contribution in [0.1, 0.15) is 59.8 Å². The van der Waals surface area contributed by atoms with Crippen molar-refractivity contribution in [1.29, 1.82) is 0 Å². The third-order valence-electron chi connectivity index (χ3n) is 9.38. The van der Waals surface area contributed by atoms with Crippen molar-refractivity contribution in [3.63, 3.8) is 0 Å². The highest BCUT2D eigenvalue weighted by atomic mass is 16.5. The summed E-state index contributed by atoms with van der Waals surface area (Å²) in [6.45, 7) is 8.24. The first kappa shape index (κ1) is 23.0. The molecule has 3 fully saturated rings. The lowest BCUT2D eigenvalue weighted by atomic mass is 9.46. The normalized spacial score (nSPS) is 41.3. The van der Waals surface area contributed by atoms with Gasteiger partial charge < -0.3 is 9.47 Å². The van der Waals surface area contributed by atoms with E-state index in [4.69, 9.17) is 9.47 Å². The van der Waals surface area contributed by atoms with Crippen LogP contribution in [-0.2, 0) is 23.9 Å². The lowest BCUT2D eigenvalue weighted by Crippen LogP contribution is -2.57. The molecule has 4 aliphatic rings. The summed E-state index contributed by atoms with van der Waals surface area (Å²) in [6, 6.07) is 0. The van der Waals surface area contributed by atoms with Crippen LogP contribution in [0.5, 0.6) is 0 Å². The van der Waals surface area contributed by atoms with Gasteiger partial charge in [-0.25, -0.2) is 4.79 Å². The van der Waals surface area contributed by atoms with E-state index in [1.807, 2.05) is 12.2 Å². The van der Waals surface area contributed by atoms with E-state index in [1.54, 1.807) is 6.08 Å². The van der Waals surface area contributed by atoms with Crippen LogP contribution in [0.25, 0.3) is 0 Å². The van der Waals surface area contributed by atoms with E-state index in [9.17, 15) is 14.4 Å². The third kappa shape index (κ3) is 3.58. The number of carbonyl (C=O) groups is 3. The zero-order valence-corrected chi connectivity index (χ0v) is 19.9. The van der Waals surface area contributed by atoms with Gasteiger partial charge in [-0.2, -0.15) is 0 Å². The molecule has 0 aliphatic heterocycles. The number of rotatable bonds is 4. The van der Waals surface area contributed by atoms with Crippen molar-refractivity contribution in [2.45, 2.75) is 65.9 Å². The number of carbonyl (C=O) groups excluding carboxylic acids is 3. The summed E-state index contributed by atoms with van der Waals surface area (Å²) in [5.41, 5.74) is 0.948. The number of fused-ring (bicyclic) bond motifs is 5. The van der Waals surface area contributed by atoms with Gasteiger partial charge in [-0.05, 0) is 73.8 Å². The summed E-state index contributed by atoms with van der Waals surface area (Å²) in [7, 11) is 1.39. The van der Waals surface area contributed by atoms with Gasteiger partial charge in [-0.1, -0.05) is 38.5 Å². The number of ether oxygens (including phenoxy) is 2. The highest BCUT2D eigenvalue weighted by Gasteiger charge is 2.63. The van der Waals surface area contributed by atoms with Gasteiger partial charge in [0.25, 0.3) is 0 Å². The molecule has 0 spiro atoms. The molecule has 8 atom stereocenters. The minimum atomic E-state index is -0.338. The van der Waals surface area contributed by atoms with Gasteiger partial charge in [0.2, 0.25) is 0 Å². The van der Waals surface area contributed by atoms with E-state index < -0.39 is 0 Å². The maximum Gasteiger partial charge on any atom is 0.330 e. The van der Waals surface area contributed by atoms with Crippen LogP contribution in [-0.4, -0.2) is 30.9 Å². The second-order valence-electron chi connectivity index (χ2n) is 10.7. The Bertz CT molecular complexity index is 898. The average Bonchev–Trinajstić information content (AvgIpc) is 3.11. The highest BCUT2D eigenvalue weighted by Crippen LogP contribution is 2.67. The summed E-state index contributed by atoms with van der Waals surface area (Å²) < 4.78 is 10.8. The molecule has 4 aliphatic carbocycles.